The molecule has 2 aromatic rings. The molecule has 1 unspecified atom stereocenters. The summed E-state index contributed by atoms with van der Waals surface area (Å²) in [7, 11) is 0. The van der Waals surface area contributed by atoms with Crippen molar-refractivity contribution in [2.45, 2.75) is 32.0 Å². The van der Waals surface area contributed by atoms with E-state index in [1.807, 2.05) is 29.1 Å². The van der Waals surface area contributed by atoms with E-state index in [-0.39, 0.29) is 11.8 Å². The van der Waals surface area contributed by atoms with Crippen LogP contribution in [0.3, 0.4) is 0 Å². The van der Waals surface area contributed by atoms with Crippen molar-refractivity contribution in [3.05, 3.63) is 53.9 Å². The van der Waals surface area contributed by atoms with Gasteiger partial charge in [-0.05, 0) is 36.0 Å². The Hall–Kier alpha value is -2.18. The number of nitrogens with two attached hydrogens (primary N) is 1. The highest BCUT2D eigenvalue weighted by Crippen LogP contribution is 2.17. The number of nitrogens with one attached hydrogen (secondary N) is 1. The van der Waals surface area contributed by atoms with Crippen LogP contribution in [0.1, 0.15) is 24.0 Å². The zero-order valence-corrected chi connectivity index (χ0v) is 13.7. The van der Waals surface area contributed by atoms with Crippen molar-refractivity contribution < 1.29 is 9.53 Å². The van der Waals surface area contributed by atoms with Crippen molar-refractivity contribution >= 4 is 5.91 Å². The number of ether oxygens (including phenoxy) is 1. The Bertz CT molecular complexity index is 651. The quantitative estimate of drug-likeness (QED) is 0.837. The molecule has 1 aliphatic heterocycles. The monoisotopic (exact) mass is 328 g/mol. The first-order chi connectivity index (χ1) is 11.7. The molecular formula is C18H24N4O2. The lowest BCUT2D eigenvalue weighted by molar-refractivity contribution is -0.124. The minimum absolute atomic E-state index is 0.0839. The zero-order chi connectivity index (χ0) is 16.8. The van der Waals surface area contributed by atoms with Crippen LogP contribution >= 0.6 is 0 Å². The summed E-state index contributed by atoms with van der Waals surface area (Å²) in [6, 6.07) is 9.59. The Balaban J connectivity index is 1.53. The van der Waals surface area contributed by atoms with Crippen LogP contribution in [0.2, 0.25) is 0 Å². The number of rotatable bonds is 6. The third kappa shape index (κ3) is 4.43. The Morgan fingerprint density at radius 2 is 2.12 bits per heavy atom. The topological polar surface area (TPSA) is 82.2 Å². The molecule has 0 saturated carbocycles. The molecule has 6 nitrogen and oxygen atoms in total. The molecule has 1 aliphatic rings. The van der Waals surface area contributed by atoms with Crippen LogP contribution < -0.4 is 11.1 Å². The molecule has 2 heterocycles. The van der Waals surface area contributed by atoms with E-state index in [0.29, 0.717) is 19.8 Å². The van der Waals surface area contributed by atoms with E-state index in [2.05, 4.69) is 22.5 Å². The first-order valence-electron chi connectivity index (χ1n) is 8.38. The molecule has 24 heavy (non-hydrogen) atoms. The van der Waals surface area contributed by atoms with Crippen molar-refractivity contribution in [3.8, 4) is 0 Å². The molecule has 0 bridgehead atoms. The second kappa shape index (κ2) is 8.08. The van der Waals surface area contributed by atoms with Gasteiger partial charge in [-0.25, -0.2) is 0 Å². The van der Waals surface area contributed by atoms with E-state index in [1.54, 1.807) is 6.20 Å². The maximum absolute atomic E-state index is 12.3. The third-order valence-electron chi connectivity index (χ3n) is 4.44. The molecule has 0 spiro atoms. The zero-order valence-electron chi connectivity index (χ0n) is 13.7. The third-order valence-corrected chi connectivity index (χ3v) is 4.44. The van der Waals surface area contributed by atoms with E-state index in [0.717, 1.165) is 30.5 Å². The molecule has 3 rings (SSSR count). The highest BCUT2D eigenvalue weighted by molar-refractivity contribution is 5.81. The lowest BCUT2D eigenvalue weighted by atomic mass is 9.92. The van der Waals surface area contributed by atoms with Crippen LogP contribution in [0.5, 0.6) is 0 Å². The number of hydrogen-bond donors (Lipinski definition) is 2. The van der Waals surface area contributed by atoms with Gasteiger partial charge in [0.25, 0.3) is 0 Å². The van der Waals surface area contributed by atoms with E-state index in [9.17, 15) is 4.79 Å². The largest absolute Gasteiger partial charge is 0.381 e. The molecule has 1 aromatic carbocycles. The Kier molecular flexibility index (Phi) is 5.61. The molecule has 128 valence electrons. The van der Waals surface area contributed by atoms with Gasteiger partial charge in [0, 0.05) is 32.2 Å². The Morgan fingerprint density at radius 3 is 2.88 bits per heavy atom. The van der Waals surface area contributed by atoms with E-state index < -0.39 is 6.04 Å². The fourth-order valence-corrected chi connectivity index (χ4v) is 3.02. The smallest absolute Gasteiger partial charge is 0.237 e. The van der Waals surface area contributed by atoms with Gasteiger partial charge in [-0.2, -0.15) is 5.10 Å². The average molecular weight is 328 g/mol. The summed E-state index contributed by atoms with van der Waals surface area (Å²) in [4.78, 5) is 12.3. The van der Waals surface area contributed by atoms with Crippen LogP contribution in [0.25, 0.3) is 0 Å². The van der Waals surface area contributed by atoms with Crippen molar-refractivity contribution in [1.29, 1.82) is 0 Å². The summed E-state index contributed by atoms with van der Waals surface area (Å²) in [5, 5.41) is 7.17. The molecule has 1 fully saturated rings. The first kappa shape index (κ1) is 16.7. The van der Waals surface area contributed by atoms with Gasteiger partial charge in [-0.3, -0.25) is 9.48 Å². The molecule has 1 saturated heterocycles. The van der Waals surface area contributed by atoms with E-state index in [1.165, 1.54) is 0 Å². The van der Waals surface area contributed by atoms with Gasteiger partial charge in [0.15, 0.2) is 0 Å². The van der Waals surface area contributed by atoms with Gasteiger partial charge < -0.3 is 15.8 Å². The van der Waals surface area contributed by atoms with E-state index in [4.69, 9.17) is 10.5 Å². The van der Waals surface area contributed by atoms with Crippen LogP contribution in [-0.4, -0.2) is 34.9 Å². The van der Waals surface area contributed by atoms with Crippen LogP contribution in [0.4, 0.5) is 0 Å². The Morgan fingerprint density at radius 1 is 1.33 bits per heavy atom. The van der Waals surface area contributed by atoms with Crippen LogP contribution in [0, 0.1) is 5.92 Å². The molecule has 1 amide bonds. The average Bonchev–Trinajstić information content (AvgIpc) is 3.13. The number of benzene rings is 1. The molecule has 6 heteroatoms. The highest BCUT2D eigenvalue weighted by atomic mass is 16.5. The summed E-state index contributed by atoms with van der Waals surface area (Å²) in [6.07, 6.45) is 5.41. The molecule has 1 atom stereocenters. The fraction of sp³-hybridized carbons (Fsp3) is 0.444. The normalized spacial score (nSPS) is 16.7. The fourth-order valence-electron chi connectivity index (χ4n) is 3.02. The Labute approximate surface area is 142 Å². The molecule has 0 radical (unpaired) electrons. The second-order valence-electron chi connectivity index (χ2n) is 6.22. The number of carbonyl (C=O) groups is 1. The van der Waals surface area contributed by atoms with Crippen LogP contribution in [0.15, 0.2) is 42.7 Å². The van der Waals surface area contributed by atoms with Gasteiger partial charge in [-0.1, -0.05) is 24.3 Å². The minimum Gasteiger partial charge on any atom is -0.381 e. The molecule has 3 N–H and O–H groups in total. The van der Waals surface area contributed by atoms with Gasteiger partial charge in [-0.15, -0.1) is 0 Å². The second-order valence-corrected chi connectivity index (χ2v) is 6.22. The summed E-state index contributed by atoms with van der Waals surface area (Å²) < 4.78 is 7.19. The number of aromatic nitrogens is 2. The maximum atomic E-state index is 12.3. The predicted molar refractivity (Wildman–Crippen MR) is 91.1 cm³/mol. The molecular weight excluding hydrogens is 304 g/mol. The van der Waals surface area contributed by atoms with Gasteiger partial charge in [0.05, 0.1) is 12.6 Å². The van der Waals surface area contributed by atoms with E-state index >= 15 is 0 Å². The van der Waals surface area contributed by atoms with Gasteiger partial charge in [0.2, 0.25) is 5.91 Å². The van der Waals surface area contributed by atoms with Crippen molar-refractivity contribution in [3.63, 3.8) is 0 Å². The highest BCUT2D eigenvalue weighted by Gasteiger charge is 2.26. The van der Waals surface area contributed by atoms with Crippen molar-refractivity contribution in [2.24, 2.45) is 11.7 Å². The van der Waals surface area contributed by atoms with Crippen LogP contribution in [-0.2, 0) is 22.6 Å². The summed E-state index contributed by atoms with van der Waals surface area (Å²) in [5.41, 5.74) is 8.31. The number of amides is 1. The molecule has 1 aromatic heterocycles. The van der Waals surface area contributed by atoms with Crippen molar-refractivity contribution in [2.75, 3.05) is 13.2 Å². The minimum atomic E-state index is -0.457. The summed E-state index contributed by atoms with van der Waals surface area (Å²) >= 11 is 0. The lowest BCUT2D eigenvalue weighted by Crippen LogP contribution is -2.46. The number of hydrogen-bond acceptors (Lipinski definition) is 4. The van der Waals surface area contributed by atoms with Gasteiger partial charge in [0.1, 0.15) is 0 Å². The number of nitrogens with zero attached hydrogens (tertiary/aromatic N) is 2. The lowest BCUT2D eigenvalue weighted by Gasteiger charge is -2.26. The maximum Gasteiger partial charge on any atom is 0.237 e. The number of carbonyl (C=O) groups excluding carboxylic acids is 1. The predicted octanol–water partition coefficient (Wildman–Crippen LogP) is 1.30. The molecule has 0 aliphatic carbocycles. The summed E-state index contributed by atoms with van der Waals surface area (Å²) in [5.74, 6) is 0.129. The SMILES string of the molecule is NC(C(=O)NCc1cccc(Cn2cccn2)c1)C1CCOCC1. The standard InChI is InChI=1S/C18H24N4O2/c19-17(16-5-9-24-10-6-16)18(23)20-12-14-3-1-4-15(11-14)13-22-8-2-7-21-22/h1-4,7-8,11,16-17H,5-6,9-10,12-13,19H2,(H,20,23). The van der Waals surface area contributed by atoms with Gasteiger partial charge >= 0.3 is 0 Å². The summed E-state index contributed by atoms with van der Waals surface area (Å²) in [6.45, 7) is 2.60. The first-order valence-corrected chi connectivity index (χ1v) is 8.38. The van der Waals surface area contributed by atoms with Crippen molar-refractivity contribution in [1.82, 2.24) is 15.1 Å².